The van der Waals surface area contributed by atoms with Crippen molar-refractivity contribution in [3.63, 3.8) is 0 Å². The van der Waals surface area contributed by atoms with E-state index in [1.807, 2.05) is 78.2 Å². The van der Waals surface area contributed by atoms with Gasteiger partial charge in [0.05, 0.1) is 4.90 Å². The van der Waals surface area contributed by atoms with Gasteiger partial charge >= 0.3 is 0 Å². The molecular weight excluding hydrogens is 460 g/mol. The molecule has 35 heavy (non-hydrogen) atoms. The Morgan fingerprint density at radius 1 is 0.857 bits per heavy atom. The van der Waals surface area contributed by atoms with E-state index in [2.05, 4.69) is 5.32 Å². The van der Waals surface area contributed by atoms with Gasteiger partial charge in [-0.2, -0.15) is 0 Å². The van der Waals surface area contributed by atoms with Crippen molar-refractivity contribution in [2.24, 2.45) is 0 Å². The number of carbonyl (C=O) groups excluding carboxylic acids is 1. The summed E-state index contributed by atoms with van der Waals surface area (Å²) in [4.78, 5) is 15.5. The first-order chi connectivity index (χ1) is 16.7. The van der Waals surface area contributed by atoms with Crippen LogP contribution in [0.4, 0.5) is 5.69 Å². The van der Waals surface area contributed by atoms with Crippen molar-refractivity contribution < 1.29 is 13.2 Å². The molecule has 1 amide bonds. The minimum absolute atomic E-state index is 0.194. The minimum atomic E-state index is -3.59. The summed E-state index contributed by atoms with van der Waals surface area (Å²) in [5.41, 5.74) is 4.41. The highest BCUT2D eigenvalue weighted by molar-refractivity contribution is 7.89. The maximum absolute atomic E-state index is 13.3. The highest BCUT2D eigenvalue weighted by Crippen LogP contribution is 2.26. The zero-order chi connectivity index (χ0) is 25.2. The summed E-state index contributed by atoms with van der Waals surface area (Å²) < 4.78 is 28.4. The van der Waals surface area contributed by atoms with Crippen LogP contribution in [0.25, 0.3) is 10.9 Å². The van der Waals surface area contributed by atoms with Crippen LogP contribution in [0.5, 0.6) is 0 Å². The zero-order valence-electron chi connectivity index (χ0n) is 20.4. The predicted molar refractivity (Wildman–Crippen MR) is 140 cm³/mol. The Morgan fingerprint density at radius 2 is 1.54 bits per heavy atom. The molecule has 0 fully saturated rings. The second-order valence-electron chi connectivity index (χ2n) is 8.85. The van der Waals surface area contributed by atoms with Gasteiger partial charge in [0.15, 0.2) is 0 Å². The fraction of sp³-hybridized carbons (Fsp3) is 0.222. The molecule has 0 aliphatic carbocycles. The lowest BCUT2D eigenvalue weighted by Gasteiger charge is -2.14. The van der Waals surface area contributed by atoms with Gasteiger partial charge in [0, 0.05) is 57.9 Å². The van der Waals surface area contributed by atoms with Gasteiger partial charge in [-0.15, -0.1) is 0 Å². The van der Waals surface area contributed by atoms with Gasteiger partial charge < -0.3 is 14.8 Å². The van der Waals surface area contributed by atoms with E-state index in [9.17, 15) is 13.2 Å². The molecule has 0 spiro atoms. The van der Waals surface area contributed by atoms with Gasteiger partial charge in [-0.05, 0) is 47.5 Å². The summed E-state index contributed by atoms with van der Waals surface area (Å²) in [5, 5.41) is 3.71. The number of nitrogens with one attached hydrogen (secondary N) is 1. The predicted octanol–water partition coefficient (Wildman–Crippen LogP) is 3.94. The first kappa shape index (κ1) is 24.5. The van der Waals surface area contributed by atoms with Crippen LogP contribution in [0.2, 0.25) is 0 Å². The average Bonchev–Trinajstić information content (AvgIpc) is 3.21. The Labute approximate surface area is 206 Å². The van der Waals surface area contributed by atoms with E-state index in [1.54, 1.807) is 24.3 Å². The molecule has 0 unspecified atom stereocenters. The summed E-state index contributed by atoms with van der Waals surface area (Å²) in [5.74, 6) is -0.217. The topological polar surface area (TPSA) is 74.7 Å². The largest absolute Gasteiger partial charge is 0.378 e. The Hall–Kier alpha value is -3.62. The van der Waals surface area contributed by atoms with Crippen LogP contribution >= 0.6 is 0 Å². The summed E-state index contributed by atoms with van der Waals surface area (Å²) >= 11 is 0. The Kier molecular flexibility index (Phi) is 6.95. The van der Waals surface area contributed by atoms with Crippen LogP contribution in [0.15, 0.2) is 83.8 Å². The third-order valence-corrected chi connectivity index (χ3v) is 7.78. The molecule has 0 saturated heterocycles. The monoisotopic (exact) mass is 490 g/mol. The SMILES string of the molecule is CN(C)c1ccc(CNC(=O)c2cc3cc(S(=O)(=O)N(C)C)ccc3n2Cc2ccccc2)cc1. The smallest absolute Gasteiger partial charge is 0.268 e. The van der Waals surface area contributed by atoms with E-state index in [1.165, 1.54) is 18.4 Å². The number of hydrogen-bond donors (Lipinski definition) is 1. The number of aromatic nitrogens is 1. The minimum Gasteiger partial charge on any atom is -0.378 e. The summed E-state index contributed by atoms with van der Waals surface area (Å²) in [6, 6.07) is 24.6. The number of amides is 1. The van der Waals surface area contributed by atoms with Crippen molar-refractivity contribution in [1.29, 1.82) is 0 Å². The van der Waals surface area contributed by atoms with Crippen molar-refractivity contribution in [1.82, 2.24) is 14.2 Å². The summed E-state index contributed by atoms with van der Waals surface area (Å²) in [7, 11) is 3.39. The van der Waals surface area contributed by atoms with E-state index in [-0.39, 0.29) is 10.8 Å². The van der Waals surface area contributed by atoms with Crippen LogP contribution in [-0.4, -0.2) is 51.4 Å². The third-order valence-electron chi connectivity index (χ3n) is 5.97. The van der Waals surface area contributed by atoms with Gasteiger partial charge in [0.2, 0.25) is 10.0 Å². The quantitative estimate of drug-likeness (QED) is 0.406. The molecule has 0 bridgehead atoms. The highest BCUT2D eigenvalue weighted by atomic mass is 32.2. The van der Waals surface area contributed by atoms with Crippen molar-refractivity contribution in [2.45, 2.75) is 18.0 Å². The van der Waals surface area contributed by atoms with E-state index in [0.717, 1.165) is 22.3 Å². The molecule has 0 saturated carbocycles. The maximum Gasteiger partial charge on any atom is 0.268 e. The number of carbonyl (C=O) groups is 1. The number of hydrogen-bond acceptors (Lipinski definition) is 4. The van der Waals surface area contributed by atoms with Crippen molar-refractivity contribution >= 4 is 32.5 Å². The lowest BCUT2D eigenvalue weighted by atomic mass is 10.2. The number of fused-ring (bicyclic) bond motifs is 1. The molecule has 8 heteroatoms. The molecule has 182 valence electrons. The number of benzene rings is 3. The Balaban J connectivity index is 1.68. The van der Waals surface area contributed by atoms with Gasteiger partial charge in [-0.25, -0.2) is 12.7 Å². The third kappa shape index (κ3) is 5.23. The van der Waals surface area contributed by atoms with Gasteiger partial charge in [-0.1, -0.05) is 42.5 Å². The van der Waals surface area contributed by atoms with Gasteiger partial charge in [0.25, 0.3) is 5.91 Å². The fourth-order valence-corrected chi connectivity index (χ4v) is 4.87. The molecule has 0 aliphatic rings. The van der Waals surface area contributed by atoms with E-state index < -0.39 is 10.0 Å². The standard InChI is InChI=1S/C27H30N4O3S/c1-29(2)23-12-10-20(11-13-23)18-28-27(32)26-17-22-16-24(35(33,34)30(3)4)14-15-25(22)31(26)19-21-8-6-5-7-9-21/h5-17H,18-19H2,1-4H3,(H,28,32). The molecule has 0 aliphatic heterocycles. The summed E-state index contributed by atoms with van der Waals surface area (Å²) in [6.45, 7) is 0.879. The lowest BCUT2D eigenvalue weighted by Crippen LogP contribution is -2.25. The first-order valence-corrected chi connectivity index (χ1v) is 12.7. The van der Waals surface area contributed by atoms with E-state index in [4.69, 9.17) is 0 Å². The summed E-state index contributed by atoms with van der Waals surface area (Å²) in [6.07, 6.45) is 0. The fourth-order valence-electron chi connectivity index (χ4n) is 3.93. The molecule has 1 aromatic heterocycles. The van der Waals surface area contributed by atoms with E-state index in [0.29, 0.717) is 24.2 Å². The maximum atomic E-state index is 13.3. The lowest BCUT2D eigenvalue weighted by molar-refractivity contribution is 0.0942. The Bertz CT molecular complexity index is 1440. The van der Waals surface area contributed by atoms with Gasteiger partial charge in [-0.3, -0.25) is 4.79 Å². The second kappa shape index (κ2) is 9.93. The molecule has 1 N–H and O–H groups in total. The zero-order valence-corrected chi connectivity index (χ0v) is 21.2. The van der Waals surface area contributed by atoms with Crippen LogP contribution < -0.4 is 10.2 Å². The van der Waals surface area contributed by atoms with Crippen LogP contribution in [0.3, 0.4) is 0 Å². The van der Waals surface area contributed by atoms with Gasteiger partial charge in [0.1, 0.15) is 5.69 Å². The van der Waals surface area contributed by atoms with Crippen LogP contribution in [0.1, 0.15) is 21.6 Å². The molecule has 1 heterocycles. The van der Waals surface area contributed by atoms with Crippen molar-refractivity contribution in [3.05, 3.63) is 95.7 Å². The molecule has 0 radical (unpaired) electrons. The second-order valence-corrected chi connectivity index (χ2v) is 11.0. The molecule has 4 aromatic rings. The van der Waals surface area contributed by atoms with Crippen molar-refractivity contribution in [3.8, 4) is 0 Å². The molecule has 3 aromatic carbocycles. The van der Waals surface area contributed by atoms with Crippen LogP contribution in [0, 0.1) is 0 Å². The molecule has 7 nitrogen and oxygen atoms in total. The molecule has 4 rings (SSSR count). The number of nitrogens with zero attached hydrogens (tertiary/aromatic N) is 3. The van der Waals surface area contributed by atoms with Crippen LogP contribution in [-0.2, 0) is 23.1 Å². The average molecular weight is 491 g/mol. The number of anilines is 1. The van der Waals surface area contributed by atoms with E-state index >= 15 is 0 Å². The Morgan fingerprint density at radius 3 is 2.17 bits per heavy atom. The first-order valence-electron chi connectivity index (χ1n) is 11.3. The molecular formula is C27H30N4O3S. The molecule has 0 atom stereocenters. The number of sulfonamides is 1. The normalized spacial score (nSPS) is 11.7. The number of rotatable bonds is 8. The van der Waals surface area contributed by atoms with Crippen molar-refractivity contribution in [2.75, 3.05) is 33.1 Å². The highest BCUT2D eigenvalue weighted by Gasteiger charge is 2.21.